The lowest BCUT2D eigenvalue weighted by molar-refractivity contribution is 0.0786. The Morgan fingerprint density at radius 1 is 1.21 bits per heavy atom. The molecule has 0 aliphatic heterocycles. The van der Waals surface area contributed by atoms with Crippen LogP contribution in [0.1, 0.15) is 44.5 Å². The molecule has 0 atom stereocenters. The van der Waals surface area contributed by atoms with Gasteiger partial charge in [-0.3, -0.25) is 9.48 Å². The molecule has 1 aromatic carbocycles. The predicted molar refractivity (Wildman–Crippen MR) is 113 cm³/mol. The van der Waals surface area contributed by atoms with E-state index >= 15 is 0 Å². The summed E-state index contributed by atoms with van der Waals surface area (Å²) in [6, 6.07) is 8.13. The summed E-state index contributed by atoms with van der Waals surface area (Å²) in [6.45, 7) is 10.1. The summed E-state index contributed by atoms with van der Waals surface area (Å²) in [6.07, 6.45) is 1.77. The van der Waals surface area contributed by atoms with Crippen molar-refractivity contribution in [3.8, 4) is 5.75 Å². The van der Waals surface area contributed by atoms with Crippen molar-refractivity contribution in [1.29, 1.82) is 0 Å². The van der Waals surface area contributed by atoms with Gasteiger partial charge in [-0.1, -0.05) is 17.7 Å². The van der Waals surface area contributed by atoms with E-state index in [2.05, 4.69) is 38.0 Å². The SMILES string of the molecule is CCn1nccc1CN(C)C(=O)c1cc(COc2c(C)cc(C)cc2C)cs1. The molecule has 0 saturated heterocycles. The van der Waals surface area contributed by atoms with Crippen molar-refractivity contribution in [2.45, 2.75) is 47.4 Å². The maximum atomic E-state index is 12.8. The molecule has 0 aliphatic rings. The number of thiophene rings is 1. The largest absolute Gasteiger partial charge is 0.488 e. The molecule has 1 amide bonds. The van der Waals surface area contributed by atoms with Gasteiger partial charge in [0.1, 0.15) is 12.4 Å². The van der Waals surface area contributed by atoms with Crippen molar-refractivity contribution < 1.29 is 9.53 Å². The molecule has 0 saturated carbocycles. The summed E-state index contributed by atoms with van der Waals surface area (Å²) >= 11 is 1.46. The van der Waals surface area contributed by atoms with E-state index in [1.54, 1.807) is 11.1 Å². The molecule has 0 radical (unpaired) electrons. The topological polar surface area (TPSA) is 47.4 Å². The average molecular weight is 398 g/mol. The Hall–Kier alpha value is -2.60. The summed E-state index contributed by atoms with van der Waals surface area (Å²) < 4.78 is 7.95. The van der Waals surface area contributed by atoms with Gasteiger partial charge in [-0.25, -0.2) is 0 Å². The number of ether oxygens (including phenoxy) is 1. The fourth-order valence-corrected chi connectivity index (χ4v) is 4.29. The third-order valence-electron chi connectivity index (χ3n) is 4.70. The monoisotopic (exact) mass is 397 g/mol. The van der Waals surface area contributed by atoms with Crippen LogP contribution in [0.5, 0.6) is 5.75 Å². The van der Waals surface area contributed by atoms with Crippen molar-refractivity contribution in [3.63, 3.8) is 0 Å². The molecular weight excluding hydrogens is 370 g/mol. The first-order valence-corrected chi connectivity index (χ1v) is 10.3. The van der Waals surface area contributed by atoms with E-state index in [9.17, 15) is 4.79 Å². The highest BCUT2D eigenvalue weighted by atomic mass is 32.1. The number of nitrogens with zero attached hydrogens (tertiary/aromatic N) is 3. The Bertz CT molecular complexity index is 951. The number of aryl methyl sites for hydroxylation is 4. The Balaban J connectivity index is 1.64. The highest BCUT2D eigenvalue weighted by molar-refractivity contribution is 7.12. The Morgan fingerprint density at radius 3 is 2.61 bits per heavy atom. The van der Waals surface area contributed by atoms with Gasteiger partial charge < -0.3 is 9.64 Å². The number of rotatable bonds is 7. The summed E-state index contributed by atoms with van der Waals surface area (Å²) in [4.78, 5) is 15.2. The average Bonchev–Trinajstić information content (AvgIpc) is 3.29. The van der Waals surface area contributed by atoms with Gasteiger partial charge in [0.05, 0.1) is 17.1 Å². The second-order valence-electron chi connectivity index (χ2n) is 7.14. The van der Waals surface area contributed by atoms with Crippen molar-refractivity contribution in [3.05, 3.63) is 68.7 Å². The number of hydrogen-bond acceptors (Lipinski definition) is 4. The molecule has 28 heavy (non-hydrogen) atoms. The van der Waals surface area contributed by atoms with Crippen LogP contribution in [0.4, 0.5) is 0 Å². The lowest BCUT2D eigenvalue weighted by atomic mass is 10.1. The van der Waals surface area contributed by atoms with Gasteiger partial charge in [-0.05, 0) is 56.3 Å². The van der Waals surface area contributed by atoms with E-state index in [0.717, 1.165) is 39.6 Å². The van der Waals surface area contributed by atoms with E-state index in [1.165, 1.54) is 16.9 Å². The van der Waals surface area contributed by atoms with Crippen molar-refractivity contribution >= 4 is 17.2 Å². The third kappa shape index (κ3) is 4.44. The second kappa shape index (κ2) is 8.61. The van der Waals surface area contributed by atoms with E-state index in [4.69, 9.17) is 4.74 Å². The third-order valence-corrected chi connectivity index (χ3v) is 5.67. The molecule has 0 bridgehead atoms. The molecule has 148 valence electrons. The number of hydrogen-bond donors (Lipinski definition) is 0. The fraction of sp³-hybridized carbons (Fsp3) is 0.364. The summed E-state index contributed by atoms with van der Waals surface area (Å²) in [5.41, 5.74) is 5.55. The smallest absolute Gasteiger partial charge is 0.264 e. The van der Waals surface area contributed by atoms with Crippen LogP contribution in [0.3, 0.4) is 0 Å². The van der Waals surface area contributed by atoms with Crippen LogP contribution in [0.15, 0.2) is 35.8 Å². The highest BCUT2D eigenvalue weighted by Crippen LogP contribution is 2.26. The van der Waals surface area contributed by atoms with Crippen LogP contribution in [0.25, 0.3) is 0 Å². The van der Waals surface area contributed by atoms with Gasteiger partial charge >= 0.3 is 0 Å². The molecule has 0 unspecified atom stereocenters. The first-order valence-electron chi connectivity index (χ1n) is 9.43. The van der Waals surface area contributed by atoms with Gasteiger partial charge in [-0.2, -0.15) is 5.10 Å². The minimum absolute atomic E-state index is 0.0165. The molecule has 6 heteroatoms. The minimum atomic E-state index is 0.0165. The van der Waals surface area contributed by atoms with Crippen LogP contribution in [0, 0.1) is 20.8 Å². The zero-order valence-corrected chi connectivity index (χ0v) is 18.0. The predicted octanol–water partition coefficient (Wildman–Crippen LogP) is 4.74. The van der Waals surface area contributed by atoms with Gasteiger partial charge in [0.25, 0.3) is 5.91 Å². The number of aromatic nitrogens is 2. The van der Waals surface area contributed by atoms with Crippen LogP contribution >= 0.6 is 11.3 Å². The Morgan fingerprint density at radius 2 is 1.93 bits per heavy atom. The number of carbonyl (C=O) groups excluding carboxylic acids is 1. The number of carbonyl (C=O) groups is 1. The van der Waals surface area contributed by atoms with Crippen molar-refractivity contribution in [2.24, 2.45) is 0 Å². The highest BCUT2D eigenvalue weighted by Gasteiger charge is 2.16. The van der Waals surface area contributed by atoms with Crippen LogP contribution in [0.2, 0.25) is 0 Å². The summed E-state index contributed by atoms with van der Waals surface area (Å²) in [5, 5.41) is 6.26. The van der Waals surface area contributed by atoms with E-state index in [0.29, 0.717) is 13.2 Å². The molecule has 0 aliphatic carbocycles. The molecular formula is C22H27N3O2S. The standard InChI is InChI=1S/C22H27N3O2S/c1-6-25-19(7-8-23-25)12-24(5)22(26)20-11-18(14-28-20)13-27-21-16(3)9-15(2)10-17(21)4/h7-11,14H,6,12-13H2,1-5H3. The first kappa shape index (κ1) is 20.1. The molecule has 3 aromatic rings. The molecule has 2 heterocycles. The van der Waals surface area contributed by atoms with E-state index in [1.807, 2.05) is 36.2 Å². The molecule has 5 nitrogen and oxygen atoms in total. The van der Waals surface area contributed by atoms with Gasteiger partial charge in [-0.15, -0.1) is 11.3 Å². The molecule has 3 rings (SSSR count). The van der Waals surface area contributed by atoms with Gasteiger partial charge in [0, 0.05) is 25.4 Å². The van der Waals surface area contributed by atoms with Crippen LogP contribution < -0.4 is 4.74 Å². The van der Waals surface area contributed by atoms with E-state index < -0.39 is 0 Å². The molecule has 2 aromatic heterocycles. The summed E-state index contributed by atoms with van der Waals surface area (Å²) in [7, 11) is 1.82. The Labute approximate surface area is 170 Å². The van der Waals surface area contributed by atoms with Crippen LogP contribution in [-0.2, 0) is 19.7 Å². The lowest BCUT2D eigenvalue weighted by Gasteiger charge is -2.16. The number of amides is 1. The van der Waals surface area contributed by atoms with Gasteiger partial charge in [0.15, 0.2) is 0 Å². The molecule has 0 spiro atoms. The molecule has 0 fully saturated rings. The minimum Gasteiger partial charge on any atom is -0.488 e. The van der Waals surface area contributed by atoms with Gasteiger partial charge in [0.2, 0.25) is 0 Å². The maximum absolute atomic E-state index is 12.8. The van der Waals surface area contributed by atoms with E-state index in [-0.39, 0.29) is 5.91 Å². The maximum Gasteiger partial charge on any atom is 0.264 e. The first-order chi connectivity index (χ1) is 13.4. The quantitative estimate of drug-likeness (QED) is 0.578. The normalized spacial score (nSPS) is 10.9. The van der Waals surface area contributed by atoms with Crippen molar-refractivity contribution in [2.75, 3.05) is 7.05 Å². The van der Waals surface area contributed by atoms with Crippen LogP contribution in [-0.4, -0.2) is 27.6 Å². The molecule has 0 N–H and O–H groups in total. The lowest BCUT2D eigenvalue weighted by Crippen LogP contribution is -2.26. The number of benzene rings is 1. The second-order valence-corrected chi connectivity index (χ2v) is 8.05. The zero-order valence-electron chi connectivity index (χ0n) is 17.2. The Kier molecular flexibility index (Phi) is 6.19. The summed E-state index contributed by atoms with van der Waals surface area (Å²) in [5.74, 6) is 0.942. The fourth-order valence-electron chi connectivity index (χ4n) is 3.40. The van der Waals surface area contributed by atoms with Crippen molar-refractivity contribution in [1.82, 2.24) is 14.7 Å². The zero-order chi connectivity index (χ0) is 20.3.